The summed E-state index contributed by atoms with van der Waals surface area (Å²) >= 11 is 0. The predicted octanol–water partition coefficient (Wildman–Crippen LogP) is 2.01. The maximum Gasteiger partial charge on any atom is 0.270 e. The number of benzene rings is 2. The quantitative estimate of drug-likeness (QED) is 0.500. The van der Waals surface area contributed by atoms with Gasteiger partial charge in [-0.1, -0.05) is 6.07 Å². The molecule has 0 aromatic heterocycles. The monoisotopic (exact) mass is 434 g/mol. The SMILES string of the molecule is COc1ccc(N2CCN(CCNS(=O)(=O)c3cc([N+](=O)[O-])ccc3C)CC2)cc1. The summed E-state index contributed by atoms with van der Waals surface area (Å²) in [5, 5.41) is 10.9. The molecule has 162 valence electrons. The fourth-order valence-electron chi connectivity index (χ4n) is 3.43. The first-order valence-electron chi connectivity index (χ1n) is 9.66. The zero-order chi connectivity index (χ0) is 21.7. The zero-order valence-corrected chi connectivity index (χ0v) is 17.9. The van der Waals surface area contributed by atoms with Crippen molar-refractivity contribution in [3.05, 3.63) is 58.1 Å². The minimum Gasteiger partial charge on any atom is -0.497 e. The highest BCUT2D eigenvalue weighted by Crippen LogP contribution is 2.22. The van der Waals surface area contributed by atoms with E-state index >= 15 is 0 Å². The van der Waals surface area contributed by atoms with Crippen molar-refractivity contribution >= 4 is 21.4 Å². The van der Waals surface area contributed by atoms with E-state index in [0.717, 1.165) is 43.7 Å². The van der Waals surface area contributed by atoms with Gasteiger partial charge >= 0.3 is 0 Å². The molecule has 0 saturated carbocycles. The second kappa shape index (κ2) is 9.41. The molecular formula is C20H26N4O5S. The summed E-state index contributed by atoms with van der Waals surface area (Å²) in [6, 6.07) is 11.8. The van der Waals surface area contributed by atoms with E-state index in [-0.39, 0.29) is 17.1 Å². The van der Waals surface area contributed by atoms with E-state index in [2.05, 4.69) is 14.5 Å². The number of aryl methyl sites for hydroxylation is 1. The smallest absolute Gasteiger partial charge is 0.270 e. The molecule has 1 heterocycles. The van der Waals surface area contributed by atoms with Gasteiger partial charge in [0.25, 0.3) is 5.69 Å². The Morgan fingerprint density at radius 2 is 1.77 bits per heavy atom. The van der Waals surface area contributed by atoms with Crippen LogP contribution in [0.1, 0.15) is 5.56 Å². The third-order valence-electron chi connectivity index (χ3n) is 5.20. The molecule has 30 heavy (non-hydrogen) atoms. The summed E-state index contributed by atoms with van der Waals surface area (Å²) in [6.45, 7) is 5.78. The van der Waals surface area contributed by atoms with E-state index < -0.39 is 14.9 Å². The van der Waals surface area contributed by atoms with Crippen molar-refractivity contribution in [1.82, 2.24) is 9.62 Å². The number of rotatable bonds is 8. The van der Waals surface area contributed by atoms with Gasteiger partial charge in [-0.15, -0.1) is 0 Å². The topological polar surface area (TPSA) is 105 Å². The molecule has 2 aromatic carbocycles. The predicted molar refractivity (Wildman–Crippen MR) is 115 cm³/mol. The normalized spacial score (nSPS) is 15.2. The van der Waals surface area contributed by atoms with Gasteiger partial charge in [0.15, 0.2) is 0 Å². The standard InChI is InChI=1S/C20H26N4O5S/c1-16-3-4-18(24(25)26)15-20(16)30(27,28)21-9-10-22-11-13-23(14-12-22)17-5-7-19(29-2)8-6-17/h3-8,15,21H,9-14H2,1-2H3. The van der Waals surface area contributed by atoms with Crippen LogP contribution < -0.4 is 14.4 Å². The van der Waals surface area contributed by atoms with Gasteiger partial charge in [-0.2, -0.15) is 0 Å². The van der Waals surface area contributed by atoms with E-state index in [9.17, 15) is 18.5 Å². The largest absolute Gasteiger partial charge is 0.497 e. The molecule has 0 aliphatic carbocycles. The molecule has 0 amide bonds. The molecule has 0 spiro atoms. The molecule has 1 aliphatic rings. The average Bonchev–Trinajstić information content (AvgIpc) is 2.74. The Kier molecular flexibility index (Phi) is 6.91. The molecule has 0 radical (unpaired) electrons. The lowest BCUT2D eigenvalue weighted by atomic mass is 10.2. The van der Waals surface area contributed by atoms with Gasteiger partial charge < -0.3 is 9.64 Å². The van der Waals surface area contributed by atoms with Crippen LogP contribution in [0.3, 0.4) is 0 Å². The van der Waals surface area contributed by atoms with E-state index in [1.807, 2.05) is 24.3 Å². The molecule has 1 N–H and O–H groups in total. The van der Waals surface area contributed by atoms with Crippen LogP contribution in [0.5, 0.6) is 5.75 Å². The molecule has 9 nitrogen and oxygen atoms in total. The molecule has 1 aliphatic heterocycles. The molecule has 0 bridgehead atoms. The van der Waals surface area contributed by atoms with Crippen molar-refractivity contribution in [2.45, 2.75) is 11.8 Å². The van der Waals surface area contributed by atoms with Gasteiger partial charge in [0, 0.05) is 57.1 Å². The number of sulfonamides is 1. The van der Waals surface area contributed by atoms with Gasteiger partial charge in [0.2, 0.25) is 10.0 Å². The van der Waals surface area contributed by atoms with Crippen LogP contribution in [0.25, 0.3) is 0 Å². The molecule has 0 atom stereocenters. The summed E-state index contributed by atoms with van der Waals surface area (Å²) in [6.07, 6.45) is 0. The molecule has 1 fully saturated rings. The maximum absolute atomic E-state index is 12.6. The third-order valence-corrected chi connectivity index (χ3v) is 6.81. The number of nitrogens with zero attached hydrogens (tertiary/aromatic N) is 3. The van der Waals surface area contributed by atoms with Gasteiger partial charge in [-0.05, 0) is 36.8 Å². The molecule has 0 unspecified atom stereocenters. The van der Waals surface area contributed by atoms with Crippen molar-refractivity contribution in [3.8, 4) is 5.75 Å². The van der Waals surface area contributed by atoms with E-state index in [4.69, 9.17) is 4.74 Å². The van der Waals surface area contributed by atoms with E-state index in [0.29, 0.717) is 12.1 Å². The van der Waals surface area contributed by atoms with Gasteiger partial charge in [0.1, 0.15) is 5.75 Å². The number of hydrogen-bond donors (Lipinski definition) is 1. The Labute approximate surface area is 176 Å². The van der Waals surface area contributed by atoms with E-state index in [1.165, 1.54) is 12.1 Å². The Balaban J connectivity index is 1.51. The minimum absolute atomic E-state index is 0.0546. The van der Waals surface area contributed by atoms with Crippen molar-refractivity contribution < 1.29 is 18.1 Å². The average molecular weight is 435 g/mol. The van der Waals surface area contributed by atoms with Crippen LogP contribution in [0.2, 0.25) is 0 Å². The van der Waals surface area contributed by atoms with Crippen LogP contribution in [-0.2, 0) is 10.0 Å². The van der Waals surface area contributed by atoms with Crippen molar-refractivity contribution in [1.29, 1.82) is 0 Å². The highest BCUT2D eigenvalue weighted by atomic mass is 32.2. The first-order chi connectivity index (χ1) is 14.3. The number of piperazine rings is 1. The number of anilines is 1. The van der Waals surface area contributed by atoms with Crippen LogP contribution in [-0.4, -0.2) is 64.6 Å². The number of nitro groups is 1. The van der Waals surface area contributed by atoms with Gasteiger partial charge in [-0.3, -0.25) is 15.0 Å². The number of methoxy groups -OCH3 is 1. The van der Waals surface area contributed by atoms with Crippen molar-refractivity contribution in [2.75, 3.05) is 51.3 Å². The summed E-state index contributed by atoms with van der Waals surface area (Å²) in [5.41, 5.74) is 1.37. The lowest BCUT2D eigenvalue weighted by Crippen LogP contribution is -2.48. The van der Waals surface area contributed by atoms with Crippen LogP contribution in [0.15, 0.2) is 47.4 Å². The maximum atomic E-state index is 12.6. The molecular weight excluding hydrogens is 408 g/mol. The highest BCUT2D eigenvalue weighted by Gasteiger charge is 2.22. The fraction of sp³-hybridized carbons (Fsp3) is 0.400. The summed E-state index contributed by atoms with van der Waals surface area (Å²) in [5.74, 6) is 0.823. The Morgan fingerprint density at radius 3 is 2.37 bits per heavy atom. The second-order valence-corrected chi connectivity index (χ2v) is 8.87. The highest BCUT2D eigenvalue weighted by molar-refractivity contribution is 7.89. The zero-order valence-electron chi connectivity index (χ0n) is 17.1. The third kappa shape index (κ3) is 5.26. The molecule has 2 aromatic rings. The fourth-order valence-corrected chi connectivity index (χ4v) is 4.71. The lowest BCUT2D eigenvalue weighted by molar-refractivity contribution is -0.385. The number of non-ortho nitro benzene ring substituents is 1. The molecule has 10 heteroatoms. The number of hydrogen-bond acceptors (Lipinski definition) is 7. The minimum atomic E-state index is -3.81. The van der Waals surface area contributed by atoms with Crippen molar-refractivity contribution in [2.24, 2.45) is 0 Å². The Hall–Kier alpha value is -2.69. The Bertz CT molecular complexity index is 987. The van der Waals surface area contributed by atoms with Gasteiger partial charge in [0.05, 0.1) is 16.9 Å². The first kappa shape index (κ1) is 22.0. The van der Waals surface area contributed by atoms with Crippen LogP contribution in [0, 0.1) is 17.0 Å². The summed E-state index contributed by atoms with van der Waals surface area (Å²) < 4.78 is 32.9. The second-order valence-electron chi connectivity index (χ2n) is 7.13. The van der Waals surface area contributed by atoms with E-state index in [1.54, 1.807) is 14.0 Å². The first-order valence-corrected chi connectivity index (χ1v) is 11.1. The lowest BCUT2D eigenvalue weighted by Gasteiger charge is -2.36. The van der Waals surface area contributed by atoms with Gasteiger partial charge in [-0.25, -0.2) is 13.1 Å². The van der Waals surface area contributed by atoms with Crippen LogP contribution in [0.4, 0.5) is 11.4 Å². The van der Waals surface area contributed by atoms with Crippen LogP contribution >= 0.6 is 0 Å². The molecule has 1 saturated heterocycles. The number of nitro benzene ring substituents is 1. The molecule has 3 rings (SSSR count). The number of ether oxygens (including phenoxy) is 1. The van der Waals surface area contributed by atoms with Crippen molar-refractivity contribution in [3.63, 3.8) is 0 Å². The summed E-state index contributed by atoms with van der Waals surface area (Å²) in [7, 11) is -2.17. The summed E-state index contributed by atoms with van der Waals surface area (Å²) in [4.78, 5) is 14.8. The number of nitrogens with one attached hydrogen (secondary N) is 1. The Morgan fingerprint density at radius 1 is 1.10 bits per heavy atom.